The summed E-state index contributed by atoms with van der Waals surface area (Å²) in [5, 5.41) is 5.05. The first-order valence-corrected chi connectivity index (χ1v) is 7.87. The summed E-state index contributed by atoms with van der Waals surface area (Å²) in [6, 6.07) is 4.50. The zero-order valence-corrected chi connectivity index (χ0v) is 12.0. The molecule has 0 atom stereocenters. The number of sulfonamides is 1. The van der Waals surface area contributed by atoms with Crippen LogP contribution in [-0.2, 0) is 14.8 Å². The zero-order valence-electron chi connectivity index (χ0n) is 9.63. The lowest BCUT2D eigenvalue weighted by Gasteiger charge is -2.23. The highest BCUT2D eigenvalue weighted by Gasteiger charge is 2.17. The molecule has 0 amide bonds. The molecule has 0 radical (unpaired) electrons. The van der Waals surface area contributed by atoms with Crippen LogP contribution in [0.15, 0.2) is 27.6 Å². The van der Waals surface area contributed by atoms with Crippen LogP contribution in [-0.4, -0.2) is 27.7 Å². The Morgan fingerprint density at radius 3 is 2.56 bits per heavy atom. The topological polar surface area (TPSA) is 78.6 Å². The van der Waals surface area contributed by atoms with E-state index < -0.39 is 10.0 Å². The largest absolute Gasteiger partial charge is 0.489 e. The number of halogens is 1. The minimum Gasteiger partial charge on any atom is -0.489 e. The number of ether oxygens (including phenoxy) is 2. The normalized spacial score (nSPS) is 17.7. The van der Waals surface area contributed by atoms with Gasteiger partial charge in [0.2, 0.25) is 10.0 Å². The molecule has 1 fully saturated rings. The zero-order chi connectivity index (χ0) is 13.2. The van der Waals surface area contributed by atoms with Gasteiger partial charge in [-0.2, -0.15) is 0 Å². The quantitative estimate of drug-likeness (QED) is 0.910. The lowest BCUT2D eigenvalue weighted by atomic mass is 10.1. The van der Waals surface area contributed by atoms with Crippen molar-refractivity contribution in [1.29, 1.82) is 0 Å². The van der Waals surface area contributed by atoms with Crippen molar-refractivity contribution in [3.8, 4) is 5.75 Å². The van der Waals surface area contributed by atoms with Crippen molar-refractivity contribution in [1.82, 2.24) is 0 Å². The summed E-state index contributed by atoms with van der Waals surface area (Å²) in [6.45, 7) is 1.38. The molecule has 0 bridgehead atoms. The van der Waals surface area contributed by atoms with E-state index in [1.54, 1.807) is 6.07 Å². The van der Waals surface area contributed by atoms with Gasteiger partial charge >= 0.3 is 0 Å². The summed E-state index contributed by atoms with van der Waals surface area (Å²) in [5.41, 5.74) is 0. The predicted molar refractivity (Wildman–Crippen MR) is 70.0 cm³/mol. The van der Waals surface area contributed by atoms with Crippen molar-refractivity contribution in [2.75, 3.05) is 13.2 Å². The maximum absolute atomic E-state index is 11.2. The van der Waals surface area contributed by atoms with E-state index >= 15 is 0 Å². The Bertz CT molecular complexity index is 526. The third-order valence-corrected chi connectivity index (χ3v) is 4.22. The maximum Gasteiger partial charge on any atom is 0.238 e. The second kappa shape index (κ2) is 5.56. The molecule has 2 N–H and O–H groups in total. The van der Waals surface area contributed by atoms with Crippen LogP contribution >= 0.6 is 15.9 Å². The summed E-state index contributed by atoms with van der Waals surface area (Å²) >= 11 is 3.29. The monoisotopic (exact) mass is 335 g/mol. The molecule has 1 aliphatic rings. The Hall–Kier alpha value is -0.630. The van der Waals surface area contributed by atoms with E-state index in [0.29, 0.717) is 23.4 Å². The van der Waals surface area contributed by atoms with Gasteiger partial charge in [0.05, 0.1) is 22.6 Å². The number of primary sulfonamides is 1. The van der Waals surface area contributed by atoms with E-state index in [9.17, 15) is 8.42 Å². The number of hydrogen-bond donors (Lipinski definition) is 1. The first-order chi connectivity index (χ1) is 8.47. The van der Waals surface area contributed by atoms with Gasteiger partial charge in [0.1, 0.15) is 11.9 Å². The molecule has 2 rings (SSSR count). The Kier molecular flexibility index (Phi) is 4.26. The first-order valence-electron chi connectivity index (χ1n) is 5.53. The molecule has 1 aliphatic heterocycles. The summed E-state index contributed by atoms with van der Waals surface area (Å²) < 4.78 is 34.0. The van der Waals surface area contributed by atoms with Crippen molar-refractivity contribution in [2.24, 2.45) is 5.14 Å². The Morgan fingerprint density at radius 2 is 2.00 bits per heavy atom. The van der Waals surface area contributed by atoms with Crippen LogP contribution in [0.3, 0.4) is 0 Å². The molecular formula is C11H14BrNO4S. The van der Waals surface area contributed by atoms with Gasteiger partial charge in [-0.25, -0.2) is 13.6 Å². The minimum absolute atomic E-state index is 0.0636. The van der Waals surface area contributed by atoms with Gasteiger partial charge in [-0.15, -0.1) is 0 Å². The van der Waals surface area contributed by atoms with E-state index in [0.717, 1.165) is 12.8 Å². The van der Waals surface area contributed by atoms with Crippen LogP contribution in [0.1, 0.15) is 12.8 Å². The molecule has 100 valence electrons. The Balaban J connectivity index is 2.14. The van der Waals surface area contributed by atoms with Crippen molar-refractivity contribution in [3.05, 3.63) is 22.7 Å². The van der Waals surface area contributed by atoms with Crippen LogP contribution in [0.2, 0.25) is 0 Å². The van der Waals surface area contributed by atoms with Crippen LogP contribution in [0, 0.1) is 0 Å². The summed E-state index contributed by atoms with van der Waals surface area (Å²) in [7, 11) is -3.68. The lowest BCUT2D eigenvalue weighted by molar-refractivity contribution is 0.0252. The fraction of sp³-hybridized carbons (Fsp3) is 0.455. The molecule has 0 spiro atoms. The van der Waals surface area contributed by atoms with Gasteiger partial charge in [0.25, 0.3) is 0 Å². The van der Waals surface area contributed by atoms with E-state index in [-0.39, 0.29) is 11.0 Å². The molecule has 1 heterocycles. The number of benzene rings is 1. The van der Waals surface area contributed by atoms with Crippen molar-refractivity contribution in [2.45, 2.75) is 23.8 Å². The lowest BCUT2D eigenvalue weighted by Crippen LogP contribution is -2.26. The average Bonchev–Trinajstić information content (AvgIpc) is 2.32. The highest BCUT2D eigenvalue weighted by molar-refractivity contribution is 9.10. The number of rotatable bonds is 3. The molecule has 0 saturated carbocycles. The fourth-order valence-electron chi connectivity index (χ4n) is 1.73. The SMILES string of the molecule is NS(=O)(=O)c1ccc(OC2CCOCC2)c(Br)c1. The molecular weight excluding hydrogens is 322 g/mol. The van der Waals surface area contributed by atoms with Gasteiger partial charge in [-0.3, -0.25) is 0 Å². The summed E-state index contributed by atoms with van der Waals surface area (Å²) in [5.74, 6) is 0.620. The molecule has 5 nitrogen and oxygen atoms in total. The maximum atomic E-state index is 11.2. The van der Waals surface area contributed by atoms with Gasteiger partial charge in [0.15, 0.2) is 0 Å². The standard InChI is InChI=1S/C11H14BrNO4S/c12-10-7-9(18(13,14)15)1-2-11(10)17-8-3-5-16-6-4-8/h1-2,7-8H,3-6H2,(H2,13,14,15). The second-order valence-corrected chi connectivity index (χ2v) is 6.48. The molecule has 1 saturated heterocycles. The van der Waals surface area contributed by atoms with Crippen LogP contribution in [0.25, 0.3) is 0 Å². The summed E-state index contributed by atoms with van der Waals surface area (Å²) in [6.07, 6.45) is 1.78. The number of hydrogen-bond acceptors (Lipinski definition) is 4. The summed E-state index contributed by atoms with van der Waals surface area (Å²) in [4.78, 5) is 0.0636. The molecule has 1 aromatic carbocycles. The average molecular weight is 336 g/mol. The van der Waals surface area contributed by atoms with Crippen molar-refractivity contribution >= 4 is 26.0 Å². The van der Waals surface area contributed by atoms with E-state index in [2.05, 4.69) is 15.9 Å². The van der Waals surface area contributed by atoms with Crippen molar-refractivity contribution in [3.63, 3.8) is 0 Å². The minimum atomic E-state index is -3.68. The molecule has 0 aliphatic carbocycles. The predicted octanol–water partition coefficient (Wildman–Crippen LogP) is 1.65. The van der Waals surface area contributed by atoms with Crippen LogP contribution < -0.4 is 9.88 Å². The molecule has 0 unspecified atom stereocenters. The number of nitrogens with two attached hydrogens (primary N) is 1. The fourth-order valence-corrected chi connectivity index (χ4v) is 2.89. The third-order valence-electron chi connectivity index (χ3n) is 2.69. The van der Waals surface area contributed by atoms with Crippen LogP contribution in [0.5, 0.6) is 5.75 Å². The molecule has 18 heavy (non-hydrogen) atoms. The third kappa shape index (κ3) is 3.44. The second-order valence-electron chi connectivity index (χ2n) is 4.07. The first kappa shape index (κ1) is 13.8. The van der Waals surface area contributed by atoms with Gasteiger partial charge in [0, 0.05) is 12.8 Å². The smallest absolute Gasteiger partial charge is 0.238 e. The van der Waals surface area contributed by atoms with Crippen molar-refractivity contribution < 1.29 is 17.9 Å². The van der Waals surface area contributed by atoms with Crippen LogP contribution in [0.4, 0.5) is 0 Å². The van der Waals surface area contributed by atoms with Gasteiger partial charge < -0.3 is 9.47 Å². The van der Waals surface area contributed by atoms with E-state index in [4.69, 9.17) is 14.6 Å². The van der Waals surface area contributed by atoms with Gasteiger partial charge in [-0.05, 0) is 34.1 Å². The molecule has 0 aromatic heterocycles. The van der Waals surface area contributed by atoms with E-state index in [1.807, 2.05) is 0 Å². The molecule has 7 heteroatoms. The Labute approximate surface area is 114 Å². The highest BCUT2D eigenvalue weighted by atomic mass is 79.9. The molecule has 1 aromatic rings. The van der Waals surface area contributed by atoms with E-state index in [1.165, 1.54) is 12.1 Å². The van der Waals surface area contributed by atoms with Gasteiger partial charge in [-0.1, -0.05) is 0 Å². The Morgan fingerprint density at radius 1 is 1.33 bits per heavy atom. The highest BCUT2D eigenvalue weighted by Crippen LogP contribution is 2.29.